The van der Waals surface area contributed by atoms with Crippen LogP contribution in [0.2, 0.25) is 5.02 Å². The number of amides is 2. The highest BCUT2D eigenvalue weighted by Crippen LogP contribution is 2.42. The number of rotatable bonds is 6. The predicted molar refractivity (Wildman–Crippen MR) is 143 cm³/mol. The third-order valence-corrected chi connectivity index (χ3v) is 8.05. The van der Waals surface area contributed by atoms with Crippen LogP contribution in [0.4, 0.5) is 0 Å². The summed E-state index contributed by atoms with van der Waals surface area (Å²) in [7, 11) is 3.59. The summed E-state index contributed by atoms with van der Waals surface area (Å²) in [6.07, 6.45) is 0. The Bertz CT molecular complexity index is 1450. The van der Waals surface area contributed by atoms with Gasteiger partial charge in [0.15, 0.2) is 0 Å². The van der Waals surface area contributed by atoms with E-state index in [1.807, 2.05) is 73.8 Å². The minimum Gasteiger partial charge on any atom is -0.496 e. The van der Waals surface area contributed by atoms with Gasteiger partial charge in [0.25, 0.3) is 0 Å². The lowest BCUT2D eigenvalue weighted by Crippen LogP contribution is -2.43. The molecule has 0 spiro atoms. The minimum absolute atomic E-state index is 0.113. The normalized spacial score (nSPS) is 15.5. The van der Waals surface area contributed by atoms with E-state index in [1.54, 1.807) is 18.1 Å². The third-order valence-electron chi connectivity index (χ3n) is 6.52. The number of thioether (sulfide) groups is 1. The number of hydrogen-bond donors (Lipinski definition) is 1. The molecule has 1 aliphatic heterocycles. The molecule has 1 aromatic heterocycles. The molecule has 0 radical (unpaired) electrons. The molecule has 8 heteroatoms. The number of carbonyl (C=O) groups is 2. The number of nitrogens with one attached hydrogen (secondary N) is 1. The van der Waals surface area contributed by atoms with Gasteiger partial charge in [-0.1, -0.05) is 78.0 Å². The number of aryl methyl sites for hydroxylation is 1. The van der Waals surface area contributed by atoms with Crippen molar-refractivity contribution in [2.24, 2.45) is 7.05 Å². The van der Waals surface area contributed by atoms with Crippen molar-refractivity contribution in [1.82, 2.24) is 14.8 Å². The minimum atomic E-state index is -0.820. The van der Waals surface area contributed by atoms with Gasteiger partial charge in [0.05, 0.1) is 17.9 Å². The highest BCUT2D eigenvalue weighted by atomic mass is 35.5. The highest BCUT2D eigenvalue weighted by molar-refractivity contribution is 8.00. The quantitative estimate of drug-likeness (QED) is 0.374. The molecule has 184 valence electrons. The van der Waals surface area contributed by atoms with Crippen LogP contribution in [-0.2, 0) is 29.7 Å². The van der Waals surface area contributed by atoms with Crippen LogP contribution < -0.4 is 10.1 Å². The topological polar surface area (TPSA) is 63.6 Å². The number of ether oxygens (including phenoxy) is 1. The van der Waals surface area contributed by atoms with Gasteiger partial charge in [-0.2, -0.15) is 0 Å². The summed E-state index contributed by atoms with van der Waals surface area (Å²) < 4.78 is 7.53. The van der Waals surface area contributed by atoms with Gasteiger partial charge in [0, 0.05) is 47.2 Å². The van der Waals surface area contributed by atoms with Crippen LogP contribution in [0.1, 0.15) is 22.7 Å². The van der Waals surface area contributed by atoms with E-state index in [2.05, 4.69) is 9.88 Å². The average molecular weight is 520 g/mol. The molecule has 0 fully saturated rings. The van der Waals surface area contributed by atoms with E-state index in [9.17, 15) is 9.59 Å². The second-order valence-electron chi connectivity index (χ2n) is 8.63. The standard InChI is InChI=1S/C28H26ClN3O3S/c1-31-22-13-7-5-11-20(22)25-26(27(34)30-15-18-9-4-8-14-23(18)35-2)32(24(33)17-36-28(25)31)16-19-10-3-6-12-21(19)29/h3-14,26H,15-17H2,1-2H3,(H,30,34)/t26-/m1/s1. The monoisotopic (exact) mass is 519 g/mol. The lowest BCUT2D eigenvalue weighted by atomic mass is 10.0. The van der Waals surface area contributed by atoms with Crippen LogP contribution in [0, 0.1) is 0 Å². The maximum absolute atomic E-state index is 14.0. The van der Waals surface area contributed by atoms with Gasteiger partial charge in [0.1, 0.15) is 11.8 Å². The van der Waals surface area contributed by atoms with Crippen molar-refractivity contribution in [2.75, 3.05) is 12.9 Å². The zero-order chi connectivity index (χ0) is 25.2. The van der Waals surface area contributed by atoms with Gasteiger partial charge in [-0.3, -0.25) is 9.59 Å². The molecule has 6 nitrogen and oxygen atoms in total. The van der Waals surface area contributed by atoms with E-state index in [1.165, 1.54) is 11.8 Å². The number of carbonyl (C=O) groups excluding carboxylic acids is 2. The molecule has 0 aliphatic carbocycles. The van der Waals surface area contributed by atoms with Gasteiger partial charge in [-0.15, -0.1) is 0 Å². The van der Waals surface area contributed by atoms with E-state index in [-0.39, 0.29) is 30.7 Å². The molecular formula is C28H26ClN3O3S. The number of para-hydroxylation sites is 2. The van der Waals surface area contributed by atoms with Gasteiger partial charge < -0.3 is 19.5 Å². The summed E-state index contributed by atoms with van der Waals surface area (Å²) in [4.78, 5) is 29.1. The Labute approximate surface area is 219 Å². The molecule has 0 unspecified atom stereocenters. The van der Waals surface area contributed by atoms with E-state index < -0.39 is 6.04 Å². The molecule has 4 aromatic rings. The predicted octanol–water partition coefficient (Wildman–Crippen LogP) is 5.33. The van der Waals surface area contributed by atoms with Crippen molar-refractivity contribution < 1.29 is 14.3 Å². The fourth-order valence-corrected chi connectivity index (χ4v) is 6.03. The van der Waals surface area contributed by atoms with Gasteiger partial charge in [-0.05, 0) is 23.8 Å². The van der Waals surface area contributed by atoms with Crippen molar-refractivity contribution in [3.8, 4) is 5.75 Å². The largest absolute Gasteiger partial charge is 0.496 e. The van der Waals surface area contributed by atoms with Crippen LogP contribution in [0.15, 0.2) is 77.8 Å². The second-order valence-corrected chi connectivity index (χ2v) is 10.0. The highest BCUT2D eigenvalue weighted by Gasteiger charge is 2.39. The van der Waals surface area contributed by atoms with Crippen LogP contribution in [0.25, 0.3) is 10.9 Å². The summed E-state index contributed by atoms with van der Waals surface area (Å²) in [5.74, 6) is 0.570. The maximum Gasteiger partial charge on any atom is 0.247 e. The summed E-state index contributed by atoms with van der Waals surface area (Å²) in [5, 5.41) is 5.51. The molecule has 1 atom stereocenters. The van der Waals surface area contributed by atoms with E-state index in [4.69, 9.17) is 16.3 Å². The Balaban J connectivity index is 1.59. The van der Waals surface area contributed by atoms with Crippen molar-refractivity contribution in [2.45, 2.75) is 24.2 Å². The summed E-state index contributed by atoms with van der Waals surface area (Å²) in [5.41, 5.74) is 3.51. The Morgan fingerprint density at radius 2 is 1.75 bits per heavy atom. The molecule has 0 saturated heterocycles. The Hall–Kier alpha value is -3.42. The number of methoxy groups -OCH3 is 1. The van der Waals surface area contributed by atoms with Gasteiger partial charge >= 0.3 is 0 Å². The SMILES string of the molecule is COc1ccccc1CNC(=O)[C@H]1c2c(n(C)c3ccccc23)SCC(=O)N1Cc1ccccc1Cl. The molecule has 1 aliphatic rings. The number of benzene rings is 3. The number of aromatic nitrogens is 1. The smallest absolute Gasteiger partial charge is 0.247 e. The van der Waals surface area contributed by atoms with Crippen molar-refractivity contribution >= 4 is 46.1 Å². The molecule has 5 rings (SSSR count). The zero-order valence-electron chi connectivity index (χ0n) is 20.0. The molecule has 0 bridgehead atoms. The molecule has 36 heavy (non-hydrogen) atoms. The zero-order valence-corrected chi connectivity index (χ0v) is 21.6. The number of halogens is 1. The first kappa shape index (κ1) is 24.3. The third kappa shape index (κ3) is 4.45. The van der Waals surface area contributed by atoms with E-state index in [0.29, 0.717) is 10.8 Å². The summed E-state index contributed by atoms with van der Waals surface area (Å²) in [6, 6.07) is 22.2. The van der Waals surface area contributed by atoms with Crippen LogP contribution in [0.5, 0.6) is 5.75 Å². The Morgan fingerprint density at radius 1 is 1.06 bits per heavy atom. The molecule has 3 aromatic carbocycles. The first-order chi connectivity index (χ1) is 17.5. The summed E-state index contributed by atoms with van der Waals surface area (Å²) in [6.45, 7) is 0.509. The Kier molecular flexibility index (Phi) is 6.94. The van der Waals surface area contributed by atoms with Gasteiger partial charge in [0.2, 0.25) is 11.8 Å². The average Bonchev–Trinajstić information content (AvgIpc) is 3.08. The molecule has 0 saturated carbocycles. The van der Waals surface area contributed by atoms with Crippen LogP contribution in [-0.4, -0.2) is 34.1 Å². The molecule has 2 heterocycles. The Morgan fingerprint density at radius 3 is 2.53 bits per heavy atom. The fourth-order valence-electron chi connectivity index (χ4n) is 4.74. The lowest BCUT2D eigenvalue weighted by molar-refractivity contribution is -0.139. The van der Waals surface area contributed by atoms with Gasteiger partial charge in [-0.25, -0.2) is 0 Å². The van der Waals surface area contributed by atoms with E-state index in [0.717, 1.165) is 32.6 Å². The first-order valence-corrected chi connectivity index (χ1v) is 13.0. The summed E-state index contributed by atoms with van der Waals surface area (Å²) >= 11 is 7.94. The van der Waals surface area contributed by atoms with E-state index >= 15 is 0 Å². The maximum atomic E-state index is 14.0. The number of hydrogen-bond acceptors (Lipinski definition) is 4. The molecule has 1 N–H and O–H groups in total. The molecule has 2 amide bonds. The fraction of sp³-hybridized carbons (Fsp3) is 0.214. The lowest BCUT2D eigenvalue weighted by Gasteiger charge is -2.30. The molecular weight excluding hydrogens is 494 g/mol. The van der Waals surface area contributed by atoms with Crippen LogP contribution in [0.3, 0.4) is 0 Å². The van der Waals surface area contributed by atoms with Crippen molar-refractivity contribution in [1.29, 1.82) is 0 Å². The first-order valence-electron chi connectivity index (χ1n) is 11.6. The number of nitrogens with zero attached hydrogens (tertiary/aromatic N) is 2. The van der Waals surface area contributed by atoms with Crippen molar-refractivity contribution in [3.63, 3.8) is 0 Å². The van der Waals surface area contributed by atoms with Crippen LogP contribution >= 0.6 is 23.4 Å². The van der Waals surface area contributed by atoms with Crippen molar-refractivity contribution in [3.05, 3.63) is 94.5 Å². The second kappa shape index (κ2) is 10.3. The number of fused-ring (bicyclic) bond motifs is 3.